The topological polar surface area (TPSA) is 68.3 Å². The predicted octanol–water partition coefficient (Wildman–Crippen LogP) is 3.21. The molecular weight excluding hydrogens is 336 g/mol. The molecule has 5 nitrogen and oxygen atoms in total. The number of hydrogen-bond donors (Lipinski definition) is 1. The number of nitrogens with one attached hydrogen (secondary N) is 1. The molecule has 0 fully saturated rings. The average molecular weight is 356 g/mol. The second-order valence-corrected chi connectivity index (χ2v) is 7.61. The summed E-state index contributed by atoms with van der Waals surface area (Å²) in [5, 5.41) is 0.982. The van der Waals surface area contributed by atoms with E-state index >= 15 is 0 Å². The molecule has 1 N–H and O–H groups in total. The number of fused-ring (bicyclic) bond motifs is 1. The van der Waals surface area contributed by atoms with E-state index in [1.165, 1.54) is 0 Å². The molecule has 2 aromatic carbocycles. The minimum Gasteiger partial charge on any atom is -0.492 e. The van der Waals surface area contributed by atoms with Crippen LogP contribution in [0, 0.1) is 13.8 Å². The lowest BCUT2D eigenvalue weighted by Crippen LogP contribution is -2.28. The van der Waals surface area contributed by atoms with Crippen LogP contribution in [0.5, 0.6) is 5.75 Å². The van der Waals surface area contributed by atoms with Crippen molar-refractivity contribution in [2.75, 3.05) is 13.2 Å². The molecule has 25 heavy (non-hydrogen) atoms. The Morgan fingerprint density at radius 1 is 1.08 bits per heavy atom. The van der Waals surface area contributed by atoms with E-state index < -0.39 is 10.0 Å². The highest BCUT2D eigenvalue weighted by molar-refractivity contribution is 7.89. The van der Waals surface area contributed by atoms with Gasteiger partial charge in [-0.25, -0.2) is 13.1 Å². The zero-order valence-electron chi connectivity index (χ0n) is 14.2. The van der Waals surface area contributed by atoms with Crippen molar-refractivity contribution in [3.63, 3.8) is 0 Å². The van der Waals surface area contributed by atoms with Crippen LogP contribution in [0.25, 0.3) is 10.9 Å². The predicted molar refractivity (Wildman–Crippen MR) is 98.3 cm³/mol. The van der Waals surface area contributed by atoms with Gasteiger partial charge < -0.3 is 4.74 Å². The van der Waals surface area contributed by atoms with E-state index in [9.17, 15) is 8.42 Å². The van der Waals surface area contributed by atoms with E-state index in [1.807, 2.05) is 43.3 Å². The number of sulfonamides is 1. The lowest BCUT2D eigenvalue weighted by Gasteiger charge is -2.11. The van der Waals surface area contributed by atoms with Gasteiger partial charge in [0.25, 0.3) is 0 Å². The van der Waals surface area contributed by atoms with Crippen LogP contribution in [-0.2, 0) is 10.0 Å². The van der Waals surface area contributed by atoms with Crippen molar-refractivity contribution in [1.82, 2.24) is 9.71 Å². The quantitative estimate of drug-likeness (QED) is 0.689. The van der Waals surface area contributed by atoms with Crippen LogP contribution in [0.2, 0.25) is 0 Å². The van der Waals surface area contributed by atoms with Crippen molar-refractivity contribution in [2.24, 2.45) is 0 Å². The summed E-state index contributed by atoms with van der Waals surface area (Å²) in [6.45, 7) is 4.17. The van der Waals surface area contributed by atoms with Crippen LogP contribution < -0.4 is 9.46 Å². The third-order valence-corrected chi connectivity index (χ3v) is 5.48. The van der Waals surface area contributed by atoms with Gasteiger partial charge in [0.05, 0.1) is 10.4 Å². The van der Waals surface area contributed by atoms with Crippen LogP contribution >= 0.6 is 0 Å². The van der Waals surface area contributed by atoms with Crippen molar-refractivity contribution in [2.45, 2.75) is 18.7 Å². The maximum absolute atomic E-state index is 12.4. The summed E-state index contributed by atoms with van der Waals surface area (Å²) >= 11 is 0. The van der Waals surface area contributed by atoms with Crippen molar-refractivity contribution < 1.29 is 13.2 Å². The van der Waals surface area contributed by atoms with E-state index in [0.29, 0.717) is 10.6 Å². The molecule has 0 atom stereocenters. The Labute approximate surface area is 147 Å². The van der Waals surface area contributed by atoms with Crippen LogP contribution in [0.4, 0.5) is 0 Å². The first-order chi connectivity index (χ1) is 12.0. The van der Waals surface area contributed by atoms with Crippen LogP contribution in [0.15, 0.2) is 59.6 Å². The van der Waals surface area contributed by atoms with Gasteiger partial charge in [-0.3, -0.25) is 4.98 Å². The number of hydrogen-bond acceptors (Lipinski definition) is 4. The highest BCUT2D eigenvalue weighted by Gasteiger charge is 2.16. The molecule has 1 heterocycles. The Bertz CT molecular complexity index is 1000. The Morgan fingerprint density at radius 3 is 2.72 bits per heavy atom. The Hall–Kier alpha value is -2.44. The molecule has 0 saturated heterocycles. The zero-order valence-corrected chi connectivity index (χ0v) is 15.0. The van der Waals surface area contributed by atoms with Gasteiger partial charge in [-0.05, 0) is 49.7 Å². The normalized spacial score (nSPS) is 11.6. The van der Waals surface area contributed by atoms with Gasteiger partial charge in [-0.1, -0.05) is 23.8 Å². The average Bonchev–Trinajstić information content (AvgIpc) is 2.58. The summed E-state index contributed by atoms with van der Waals surface area (Å²) in [7, 11) is -3.54. The lowest BCUT2D eigenvalue weighted by molar-refractivity contribution is 0.323. The molecule has 1 aromatic heterocycles. The standard InChI is InChI=1S/C19H20N2O3S/c1-14-5-8-19(15(2)12-14)25(22,23)21-10-11-24-17-6-7-18-16(13-17)4-3-9-20-18/h3-9,12-13,21H,10-11H2,1-2H3. The maximum Gasteiger partial charge on any atom is 0.240 e. The molecule has 3 aromatic rings. The van der Waals surface area contributed by atoms with Crippen molar-refractivity contribution in [1.29, 1.82) is 0 Å². The first-order valence-corrected chi connectivity index (χ1v) is 9.48. The molecule has 6 heteroatoms. The van der Waals surface area contributed by atoms with Gasteiger partial charge in [-0.2, -0.15) is 0 Å². The second kappa shape index (κ2) is 7.21. The van der Waals surface area contributed by atoms with Gasteiger partial charge in [0.1, 0.15) is 12.4 Å². The summed E-state index contributed by atoms with van der Waals surface area (Å²) in [6, 6.07) is 14.7. The highest BCUT2D eigenvalue weighted by atomic mass is 32.2. The van der Waals surface area contributed by atoms with Crippen LogP contribution in [0.1, 0.15) is 11.1 Å². The SMILES string of the molecule is Cc1ccc(S(=O)(=O)NCCOc2ccc3ncccc3c2)c(C)c1. The lowest BCUT2D eigenvalue weighted by atomic mass is 10.2. The van der Waals surface area contributed by atoms with E-state index in [1.54, 1.807) is 25.3 Å². The molecule has 0 unspecified atom stereocenters. The summed E-state index contributed by atoms with van der Waals surface area (Å²) in [5.41, 5.74) is 2.66. The zero-order chi connectivity index (χ0) is 17.9. The number of pyridine rings is 1. The third-order valence-electron chi connectivity index (χ3n) is 3.86. The number of rotatable bonds is 6. The first kappa shape index (κ1) is 17.4. The number of aryl methyl sites for hydroxylation is 2. The van der Waals surface area contributed by atoms with E-state index in [4.69, 9.17) is 4.74 Å². The third kappa shape index (κ3) is 4.15. The maximum atomic E-state index is 12.4. The monoisotopic (exact) mass is 356 g/mol. The Kier molecular flexibility index (Phi) is 5.01. The Morgan fingerprint density at radius 2 is 1.92 bits per heavy atom. The summed E-state index contributed by atoms with van der Waals surface area (Å²) in [5.74, 6) is 0.686. The molecule has 0 aliphatic rings. The van der Waals surface area contributed by atoms with Crippen molar-refractivity contribution in [3.8, 4) is 5.75 Å². The molecule has 0 saturated carbocycles. The van der Waals surface area contributed by atoms with Crippen LogP contribution in [0.3, 0.4) is 0 Å². The molecule has 0 radical (unpaired) electrons. The minimum atomic E-state index is -3.54. The molecule has 130 valence electrons. The van der Waals surface area contributed by atoms with E-state index in [0.717, 1.165) is 22.0 Å². The molecule has 0 aliphatic carbocycles. The molecule has 0 spiro atoms. The molecule has 0 aliphatic heterocycles. The number of aromatic nitrogens is 1. The number of nitrogens with zero attached hydrogens (tertiary/aromatic N) is 1. The fourth-order valence-electron chi connectivity index (χ4n) is 2.67. The summed E-state index contributed by atoms with van der Waals surface area (Å²) in [6.07, 6.45) is 1.74. The van der Waals surface area contributed by atoms with Crippen molar-refractivity contribution >= 4 is 20.9 Å². The number of benzene rings is 2. The summed E-state index contributed by atoms with van der Waals surface area (Å²) in [4.78, 5) is 4.55. The summed E-state index contributed by atoms with van der Waals surface area (Å²) < 4.78 is 33.0. The van der Waals surface area contributed by atoms with Gasteiger partial charge in [0.2, 0.25) is 10.0 Å². The second-order valence-electron chi connectivity index (χ2n) is 5.87. The fourth-order valence-corrected chi connectivity index (χ4v) is 3.90. The van der Waals surface area contributed by atoms with Crippen molar-refractivity contribution in [3.05, 3.63) is 65.9 Å². The highest BCUT2D eigenvalue weighted by Crippen LogP contribution is 2.19. The van der Waals surface area contributed by atoms with Gasteiger partial charge in [0, 0.05) is 18.1 Å². The minimum absolute atomic E-state index is 0.195. The fraction of sp³-hybridized carbons (Fsp3) is 0.211. The Balaban J connectivity index is 1.60. The van der Waals surface area contributed by atoms with Gasteiger partial charge >= 0.3 is 0 Å². The van der Waals surface area contributed by atoms with Crippen LogP contribution in [-0.4, -0.2) is 26.6 Å². The largest absolute Gasteiger partial charge is 0.492 e. The van der Waals surface area contributed by atoms with Gasteiger partial charge in [-0.15, -0.1) is 0 Å². The van der Waals surface area contributed by atoms with E-state index in [-0.39, 0.29) is 13.2 Å². The smallest absolute Gasteiger partial charge is 0.240 e. The molecule has 0 bridgehead atoms. The first-order valence-electron chi connectivity index (χ1n) is 8.00. The molecular formula is C19H20N2O3S. The molecule has 3 rings (SSSR count). The number of ether oxygens (including phenoxy) is 1. The molecule has 0 amide bonds. The van der Waals surface area contributed by atoms with E-state index in [2.05, 4.69) is 9.71 Å². The van der Waals surface area contributed by atoms with Gasteiger partial charge in [0.15, 0.2) is 0 Å².